The normalized spacial score (nSPS) is 15.4. The molecule has 0 saturated carbocycles. The van der Waals surface area contributed by atoms with Gasteiger partial charge in [0.25, 0.3) is 0 Å². The lowest BCUT2D eigenvalue weighted by Gasteiger charge is -2.31. The quantitative estimate of drug-likeness (QED) is 0.534. The van der Waals surface area contributed by atoms with Crippen LogP contribution in [0.5, 0.6) is 0 Å². The molecule has 0 radical (unpaired) electrons. The predicted octanol–water partition coefficient (Wildman–Crippen LogP) is 6.48. The lowest BCUT2D eigenvalue weighted by Crippen LogP contribution is -2.22. The van der Waals surface area contributed by atoms with E-state index in [2.05, 4.69) is 72.7 Å². The van der Waals surface area contributed by atoms with Crippen molar-refractivity contribution in [2.45, 2.75) is 85.0 Å². The Morgan fingerprint density at radius 1 is 0.900 bits per heavy atom. The van der Waals surface area contributed by atoms with E-state index < -0.39 is 0 Å². The summed E-state index contributed by atoms with van der Waals surface area (Å²) >= 11 is 0. The van der Waals surface area contributed by atoms with E-state index in [0.717, 1.165) is 5.92 Å². The first kappa shape index (κ1) is 17.3. The standard InChI is InChI=1S/C20H34/c1-8-14-20(7,9-2)18-12-10-17(11-13-18)19(5,6)15-16(3)4/h10-13,16H,8-9,14-15H2,1-7H3. The largest absolute Gasteiger partial charge is 0.0654 e. The van der Waals surface area contributed by atoms with E-state index in [4.69, 9.17) is 0 Å². The van der Waals surface area contributed by atoms with Crippen LogP contribution in [0.1, 0.15) is 85.3 Å². The maximum Gasteiger partial charge on any atom is -0.00780 e. The summed E-state index contributed by atoms with van der Waals surface area (Å²) in [5, 5.41) is 0. The van der Waals surface area contributed by atoms with Crippen LogP contribution >= 0.6 is 0 Å². The first-order valence-corrected chi connectivity index (χ1v) is 8.36. The molecule has 0 aliphatic rings. The maximum absolute atomic E-state index is 2.41. The maximum atomic E-state index is 2.41. The lowest BCUT2D eigenvalue weighted by atomic mass is 9.74. The van der Waals surface area contributed by atoms with Crippen LogP contribution in [0.25, 0.3) is 0 Å². The Bertz CT molecular complexity index is 397. The van der Waals surface area contributed by atoms with Crippen LogP contribution in [0.15, 0.2) is 24.3 Å². The van der Waals surface area contributed by atoms with Gasteiger partial charge in [0.1, 0.15) is 0 Å². The van der Waals surface area contributed by atoms with Crippen molar-refractivity contribution in [3.63, 3.8) is 0 Å². The van der Waals surface area contributed by atoms with Gasteiger partial charge in [0.2, 0.25) is 0 Å². The Morgan fingerprint density at radius 2 is 1.40 bits per heavy atom. The van der Waals surface area contributed by atoms with Gasteiger partial charge in [-0.2, -0.15) is 0 Å². The van der Waals surface area contributed by atoms with Crippen LogP contribution in [-0.2, 0) is 10.8 Å². The Hall–Kier alpha value is -0.780. The van der Waals surface area contributed by atoms with Crippen molar-refractivity contribution in [2.24, 2.45) is 5.92 Å². The second kappa shape index (κ2) is 6.78. The topological polar surface area (TPSA) is 0 Å². The summed E-state index contributed by atoms with van der Waals surface area (Å²) in [5.41, 5.74) is 3.60. The molecule has 0 N–H and O–H groups in total. The van der Waals surface area contributed by atoms with Gasteiger partial charge in [-0.1, -0.05) is 79.2 Å². The van der Waals surface area contributed by atoms with Crippen LogP contribution in [0, 0.1) is 5.92 Å². The number of hydrogen-bond donors (Lipinski definition) is 0. The molecule has 0 fully saturated rings. The van der Waals surface area contributed by atoms with Crippen molar-refractivity contribution >= 4 is 0 Å². The smallest absolute Gasteiger partial charge is 0.00780 e. The van der Waals surface area contributed by atoms with E-state index >= 15 is 0 Å². The van der Waals surface area contributed by atoms with E-state index in [0.29, 0.717) is 5.41 Å². The first-order chi connectivity index (χ1) is 9.25. The Labute approximate surface area is 127 Å². The molecule has 1 aromatic rings. The molecule has 0 heterocycles. The zero-order chi connectivity index (χ0) is 15.4. The second-order valence-corrected chi connectivity index (χ2v) is 7.72. The van der Waals surface area contributed by atoms with Gasteiger partial charge in [-0.15, -0.1) is 0 Å². The summed E-state index contributed by atoms with van der Waals surface area (Å²) in [7, 11) is 0. The summed E-state index contributed by atoms with van der Waals surface area (Å²) in [6.07, 6.45) is 4.99. The fraction of sp³-hybridized carbons (Fsp3) is 0.700. The molecule has 0 bridgehead atoms. The minimum absolute atomic E-state index is 0.278. The van der Waals surface area contributed by atoms with E-state index in [1.807, 2.05) is 0 Å². The Kier molecular flexibility index (Phi) is 5.86. The summed E-state index contributed by atoms with van der Waals surface area (Å²) < 4.78 is 0. The third-order valence-electron chi connectivity index (χ3n) is 4.86. The molecular formula is C20H34. The van der Waals surface area contributed by atoms with Crippen LogP contribution in [0.3, 0.4) is 0 Å². The summed E-state index contributed by atoms with van der Waals surface area (Å²) in [6.45, 7) is 16.4. The molecule has 20 heavy (non-hydrogen) atoms. The Morgan fingerprint density at radius 3 is 1.80 bits per heavy atom. The number of rotatable bonds is 7. The van der Waals surface area contributed by atoms with Gasteiger partial charge in [-0.3, -0.25) is 0 Å². The van der Waals surface area contributed by atoms with E-state index in [1.165, 1.54) is 36.8 Å². The van der Waals surface area contributed by atoms with Gasteiger partial charge in [0, 0.05) is 0 Å². The van der Waals surface area contributed by atoms with Gasteiger partial charge >= 0.3 is 0 Å². The van der Waals surface area contributed by atoms with E-state index in [-0.39, 0.29) is 5.41 Å². The highest BCUT2D eigenvalue weighted by molar-refractivity contribution is 5.32. The molecule has 1 atom stereocenters. The SMILES string of the molecule is CCCC(C)(CC)c1ccc(C(C)(C)CC(C)C)cc1. The first-order valence-electron chi connectivity index (χ1n) is 8.36. The number of benzene rings is 1. The van der Waals surface area contributed by atoms with Crippen molar-refractivity contribution < 1.29 is 0 Å². The fourth-order valence-electron chi connectivity index (χ4n) is 3.54. The van der Waals surface area contributed by atoms with Gasteiger partial charge in [0.15, 0.2) is 0 Å². The molecule has 1 rings (SSSR count). The second-order valence-electron chi connectivity index (χ2n) is 7.72. The highest BCUT2D eigenvalue weighted by atomic mass is 14.3. The molecule has 1 aromatic carbocycles. The third-order valence-corrected chi connectivity index (χ3v) is 4.86. The van der Waals surface area contributed by atoms with Crippen molar-refractivity contribution in [1.29, 1.82) is 0 Å². The van der Waals surface area contributed by atoms with E-state index in [1.54, 1.807) is 0 Å². The molecule has 0 spiro atoms. The molecule has 0 heteroatoms. The molecule has 114 valence electrons. The molecule has 0 aromatic heterocycles. The minimum Gasteiger partial charge on any atom is -0.0654 e. The van der Waals surface area contributed by atoms with Crippen molar-refractivity contribution in [2.75, 3.05) is 0 Å². The number of hydrogen-bond acceptors (Lipinski definition) is 0. The minimum atomic E-state index is 0.278. The molecule has 0 aliphatic carbocycles. The van der Waals surface area contributed by atoms with Gasteiger partial charge in [-0.05, 0) is 47.1 Å². The predicted molar refractivity (Wildman–Crippen MR) is 91.5 cm³/mol. The van der Waals surface area contributed by atoms with Gasteiger partial charge in [0.05, 0.1) is 0 Å². The molecule has 0 aliphatic heterocycles. The zero-order valence-electron chi connectivity index (χ0n) is 14.7. The van der Waals surface area contributed by atoms with Crippen LogP contribution in [0.2, 0.25) is 0 Å². The molecule has 0 saturated heterocycles. The zero-order valence-corrected chi connectivity index (χ0v) is 14.7. The van der Waals surface area contributed by atoms with E-state index in [9.17, 15) is 0 Å². The molecule has 0 nitrogen and oxygen atoms in total. The lowest BCUT2D eigenvalue weighted by molar-refractivity contribution is 0.397. The Balaban J connectivity index is 2.99. The summed E-state index contributed by atoms with van der Waals surface area (Å²) in [5.74, 6) is 0.741. The molecule has 0 amide bonds. The van der Waals surface area contributed by atoms with Crippen molar-refractivity contribution in [1.82, 2.24) is 0 Å². The van der Waals surface area contributed by atoms with Crippen LogP contribution < -0.4 is 0 Å². The van der Waals surface area contributed by atoms with Crippen LogP contribution in [0.4, 0.5) is 0 Å². The van der Waals surface area contributed by atoms with Crippen LogP contribution in [-0.4, -0.2) is 0 Å². The monoisotopic (exact) mass is 274 g/mol. The van der Waals surface area contributed by atoms with Crippen molar-refractivity contribution in [3.8, 4) is 0 Å². The van der Waals surface area contributed by atoms with Gasteiger partial charge < -0.3 is 0 Å². The average Bonchev–Trinajstić information content (AvgIpc) is 2.37. The third kappa shape index (κ3) is 4.11. The highest BCUT2D eigenvalue weighted by Gasteiger charge is 2.25. The molecular weight excluding hydrogens is 240 g/mol. The van der Waals surface area contributed by atoms with Gasteiger partial charge in [-0.25, -0.2) is 0 Å². The van der Waals surface area contributed by atoms with Crippen molar-refractivity contribution in [3.05, 3.63) is 35.4 Å². The average molecular weight is 274 g/mol. The fourth-order valence-corrected chi connectivity index (χ4v) is 3.54. The summed E-state index contributed by atoms with van der Waals surface area (Å²) in [6, 6.07) is 9.47. The highest BCUT2D eigenvalue weighted by Crippen LogP contribution is 2.35. The molecule has 1 unspecified atom stereocenters. The summed E-state index contributed by atoms with van der Waals surface area (Å²) in [4.78, 5) is 0.